The van der Waals surface area contributed by atoms with Crippen LogP contribution in [0.1, 0.15) is 17.2 Å². The van der Waals surface area contributed by atoms with Crippen LogP contribution >= 0.6 is 0 Å². The minimum absolute atomic E-state index is 0.0976. The minimum atomic E-state index is -3.61. The zero-order valence-electron chi connectivity index (χ0n) is 16.6. The van der Waals surface area contributed by atoms with Crippen LogP contribution in [0.2, 0.25) is 0 Å². The van der Waals surface area contributed by atoms with Gasteiger partial charge in [-0.2, -0.15) is 0 Å². The van der Waals surface area contributed by atoms with Gasteiger partial charge in [0, 0.05) is 26.2 Å². The number of hydrogen-bond acceptors (Lipinski definition) is 4. The summed E-state index contributed by atoms with van der Waals surface area (Å²) >= 11 is 0. The van der Waals surface area contributed by atoms with E-state index in [-0.39, 0.29) is 6.04 Å². The summed E-state index contributed by atoms with van der Waals surface area (Å²) in [6.45, 7) is 3.74. The van der Waals surface area contributed by atoms with Crippen molar-refractivity contribution < 1.29 is 8.42 Å². The summed E-state index contributed by atoms with van der Waals surface area (Å²) in [7, 11) is -1.48. The minimum Gasteiger partial charge on any atom is -0.304 e. The van der Waals surface area contributed by atoms with Crippen molar-refractivity contribution in [3.63, 3.8) is 0 Å². The zero-order valence-corrected chi connectivity index (χ0v) is 17.4. The third-order valence-electron chi connectivity index (χ3n) is 5.57. The number of nitrogens with zero attached hydrogens (tertiary/aromatic N) is 2. The summed E-state index contributed by atoms with van der Waals surface area (Å²) in [6, 6.07) is 26.3. The molecule has 1 saturated heterocycles. The highest BCUT2D eigenvalue weighted by Crippen LogP contribution is 2.35. The highest BCUT2D eigenvalue weighted by atomic mass is 32.2. The van der Waals surface area contributed by atoms with Gasteiger partial charge in [-0.05, 0) is 36.4 Å². The Bertz CT molecular complexity index is 1040. The summed E-state index contributed by atoms with van der Waals surface area (Å²) in [6.07, 6.45) is 0. The fourth-order valence-electron chi connectivity index (χ4n) is 3.98. The van der Waals surface area contributed by atoms with Crippen LogP contribution in [0.3, 0.4) is 0 Å². The van der Waals surface area contributed by atoms with E-state index in [9.17, 15) is 8.42 Å². The molecule has 0 saturated carbocycles. The molecule has 1 aliphatic rings. The molecule has 0 aromatic heterocycles. The quantitative estimate of drug-likeness (QED) is 0.645. The van der Waals surface area contributed by atoms with E-state index in [1.165, 1.54) is 0 Å². The van der Waals surface area contributed by atoms with E-state index in [0.29, 0.717) is 9.79 Å². The molecule has 1 atom stereocenters. The van der Waals surface area contributed by atoms with E-state index >= 15 is 0 Å². The Kier molecular flexibility index (Phi) is 5.81. The Morgan fingerprint density at radius 1 is 0.724 bits per heavy atom. The molecule has 0 bridgehead atoms. The van der Waals surface area contributed by atoms with Gasteiger partial charge in [-0.15, -0.1) is 0 Å². The second kappa shape index (κ2) is 8.49. The standard InChI is InChI=1S/C24H26N2O2S/c1-25-16-18-26(19-17-25)24(20-10-4-2-5-11-20)22-14-8-9-15-23(22)29(27,28)21-12-6-3-7-13-21/h2-15,24H,16-19H2,1H3. The Morgan fingerprint density at radius 3 is 1.93 bits per heavy atom. The monoisotopic (exact) mass is 406 g/mol. The van der Waals surface area contributed by atoms with Gasteiger partial charge in [0.1, 0.15) is 0 Å². The first-order valence-corrected chi connectivity index (χ1v) is 11.4. The van der Waals surface area contributed by atoms with Crippen molar-refractivity contribution in [1.82, 2.24) is 9.80 Å². The molecule has 0 radical (unpaired) electrons. The van der Waals surface area contributed by atoms with Crippen LogP contribution in [0.5, 0.6) is 0 Å². The first-order chi connectivity index (χ1) is 14.1. The molecule has 1 aliphatic heterocycles. The number of sulfone groups is 1. The van der Waals surface area contributed by atoms with Crippen molar-refractivity contribution in [3.8, 4) is 0 Å². The summed E-state index contributed by atoms with van der Waals surface area (Å²) in [5.41, 5.74) is 1.96. The van der Waals surface area contributed by atoms with Gasteiger partial charge >= 0.3 is 0 Å². The van der Waals surface area contributed by atoms with E-state index in [0.717, 1.165) is 37.3 Å². The molecule has 1 heterocycles. The molecule has 1 fully saturated rings. The second-order valence-corrected chi connectivity index (χ2v) is 9.42. The Hall–Kier alpha value is -2.47. The molecule has 3 aromatic rings. The predicted molar refractivity (Wildman–Crippen MR) is 116 cm³/mol. The van der Waals surface area contributed by atoms with Crippen molar-refractivity contribution in [3.05, 3.63) is 96.1 Å². The van der Waals surface area contributed by atoms with Crippen LogP contribution < -0.4 is 0 Å². The number of hydrogen-bond donors (Lipinski definition) is 0. The molecular formula is C24H26N2O2S. The van der Waals surface area contributed by atoms with Crippen LogP contribution in [-0.2, 0) is 9.84 Å². The molecule has 4 nitrogen and oxygen atoms in total. The van der Waals surface area contributed by atoms with Gasteiger partial charge in [-0.3, -0.25) is 4.90 Å². The van der Waals surface area contributed by atoms with Gasteiger partial charge in [0.2, 0.25) is 9.84 Å². The molecule has 0 spiro atoms. The molecule has 0 N–H and O–H groups in total. The lowest BCUT2D eigenvalue weighted by Crippen LogP contribution is -2.46. The topological polar surface area (TPSA) is 40.6 Å². The predicted octanol–water partition coefficient (Wildman–Crippen LogP) is 3.86. The molecule has 0 amide bonds. The lowest BCUT2D eigenvalue weighted by molar-refractivity contribution is 0.126. The molecule has 29 heavy (non-hydrogen) atoms. The summed E-state index contributed by atoms with van der Waals surface area (Å²) < 4.78 is 27.0. The maximum Gasteiger partial charge on any atom is 0.206 e. The number of benzene rings is 3. The van der Waals surface area contributed by atoms with Gasteiger partial charge in [-0.25, -0.2) is 8.42 Å². The molecule has 0 aliphatic carbocycles. The van der Waals surface area contributed by atoms with E-state index in [1.807, 2.05) is 42.5 Å². The normalized spacial score (nSPS) is 17.1. The third kappa shape index (κ3) is 4.13. The highest BCUT2D eigenvalue weighted by molar-refractivity contribution is 7.91. The molecule has 5 heteroatoms. The third-order valence-corrected chi connectivity index (χ3v) is 7.42. The van der Waals surface area contributed by atoms with Crippen molar-refractivity contribution >= 4 is 9.84 Å². The van der Waals surface area contributed by atoms with Gasteiger partial charge < -0.3 is 4.90 Å². The Labute approximate surface area is 173 Å². The maximum absolute atomic E-state index is 13.5. The van der Waals surface area contributed by atoms with Gasteiger partial charge in [0.15, 0.2) is 0 Å². The SMILES string of the molecule is CN1CCN(C(c2ccccc2)c2ccccc2S(=O)(=O)c2ccccc2)CC1. The lowest BCUT2D eigenvalue weighted by Gasteiger charge is -2.39. The van der Waals surface area contributed by atoms with Crippen molar-refractivity contribution in [2.24, 2.45) is 0 Å². The molecule has 4 rings (SSSR count). The van der Waals surface area contributed by atoms with Crippen molar-refractivity contribution in [2.45, 2.75) is 15.8 Å². The highest BCUT2D eigenvalue weighted by Gasteiger charge is 2.30. The zero-order chi connectivity index (χ0) is 20.3. The summed E-state index contributed by atoms with van der Waals surface area (Å²) in [4.78, 5) is 5.43. The molecular weight excluding hydrogens is 380 g/mol. The van der Waals surface area contributed by atoms with E-state index in [4.69, 9.17) is 0 Å². The van der Waals surface area contributed by atoms with Crippen LogP contribution in [0, 0.1) is 0 Å². The van der Waals surface area contributed by atoms with E-state index < -0.39 is 9.84 Å². The van der Waals surface area contributed by atoms with E-state index in [1.54, 1.807) is 30.3 Å². The van der Waals surface area contributed by atoms with Crippen molar-refractivity contribution in [2.75, 3.05) is 33.2 Å². The van der Waals surface area contributed by atoms with Crippen LogP contribution in [0.15, 0.2) is 94.7 Å². The molecule has 1 unspecified atom stereocenters. The van der Waals surface area contributed by atoms with Crippen LogP contribution in [0.4, 0.5) is 0 Å². The Balaban J connectivity index is 1.84. The lowest BCUT2D eigenvalue weighted by atomic mass is 9.96. The summed E-state index contributed by atoms with van der Waals surface area (Å²) in [5.74, 6) is 0. The number of likely N-dealkylation sites (N-methyl/N-ethyl adjacent to an activating group) is 1. The van der Waals surface area contributed by atoms with Gasteiger partial charge in [0.05, 0.1) is 15.8 Å². The summed E-state index contributed by atoms with van der Waals surface area (Å²) in [5, 5.41) is 0. The number of rotatable bonds is 5. The fourth-order valence-corrected chi connectivity index (χ4v) is 5.50. The van der Waals surface area contributed by atoms with Crippen LogP contribution in [-0.4, -0.2) is 51.4 Å². The largest absolute Gasteiger partial charge is 0.304 e. The van der Waals surface area contributed by atoms with Gasteiger partial charge in [0.25, 0.3) is 0 Å². The second-order valence-electron chi connectivity index (χ2n) is 7.51. The smallest absolute Gasteiger partial charge is 0.206 e. The first kappa shape index (κ1) is 19.8. The van der Waals surface area contributed by atoms with Gasteiger partial charge in [-0.1, -0.05) is 66.7 Å². The molecule has 150 valence electrons. The first-order valence-electron chi connectivity index (χ1n) is 9.94. The average molecular weight is 407 g/mol. The number of piperazine rings is 1. The van der Waals surface area contributed by atoms with Crippen molar-refractivity contribution in [1.29, 1.82) is 0 Å². The Morgan fingerprint density at radius 2 is 1.28 bits per heavy atom. The van der Waals surface area contributed by atoms with Crippen LogP contribution in [0.25, 0.3) is 0 Å². The fraction of sp³-hybridized carbons (Fsp3) is 0.250. The van der Waals surface area contributed by atoms with E-state index in [2.05, 4.69) is 29.0 Å². The maximum atomic E-state index is 13.5. The molecule has 3 aromatic carbocycles. The average Bonchev–Trinajstić information content (AvgIpc) is 2.77.